The van der Waals surface area contributed by atoms with Crippen LogP contribution in [0.4, 0.5) is 28.4 Å². The van der Waals surface area contributed by atoms with E-state index < -0.39 is 71.0 Å². The average molecular weight is 911 g/mol. The van der Waals surface area contributed by atoms with E-state index in [0.717, 1.165) is 43.0 Å². The maximum absolute atomic E-state index is 12.4. The quantitative estimate of drug-likeness (QED) is 0.0719. The minimum absolute atomic E-state index is 0. The third-order valence-corrected chi connectivity index (χ3v) is 9.28. The van der Waals surface area contributed by atoms with Crippen molar-refractivity contribution in [1.29, 1.82) is 0 Å². The number of aromatic carboxylic acids is 1. The van der Waals surface area contributed by atoms with Crippen LogP contribution in [0, 0.1) is 6.92 Å². The number of anilines is 2. The number of azo groups is 2. The number of nitrogens with two attached hydrogens (primary N) is 1. The van der Waals surface area contributed by atoms with Crippen molar-refractivity contribution in [3.8, 4) is 17.2 Å². The number of fused-ring (bicyclic) bond motifs is 1. The van der Waals surface area contributed by atoms with Gasteiger partial charge in [0.25, 0.3) is 5.91 Å². The fraction of sp³-hybridized carbons (Fsp3) is 0.111. The molecule has 0 aliphatic carbocycles. The molecular weight excluding hydrogens is 881 g/mol. The number of benzene rings is 5. The van der Waals surface area contributed by atoms with Crippen LogP contribution in [0.5, 0.6) is 17.2 Å². The number of amides is 1. The number of carbonyl (C=O) groups is 2. The molecule has 0 aromatic heterocycles. The maximum atomic E-state index is 12.4. The number of ether oxygens (including phenoxy) is 1. The van der Waals surface area contributed by atoms with E-state index in [1.807, 2.05) is 0 Å². The Morgan fingerprint density at radius 2 is 1.49 bits per heavy atom. The smallest absolute Gasteiger partial charge is 0.874 e. The van der Waals surface area contributed by atoms with Crippen molar-refractivity contribution < 1.29 is 98.5 Å². The molecule has 59 heavy (non-hydrogen) atoms. The maximum Gasteiger partial charge on any atom is 3.00 e. The van der Waals surface area contributed by atoms with Crippen molar-refractivity contribution >= 4 is 82.7 Å². The fourth-order valence-corrected chi connectivity index (χ4v) is 6.14. The molecule has 5 aromatic rings. The zero-order chi connectivity index (χ0) is 42.2. The van der Waals surface area contributed by atoms with Crippen LogP contribution in [0.2, 0.25) is 5.02 Å². The van der Waals surface area contributed by atoms with E-state index in [0.29, 0.717) is 11.1 Å². The molecule has 301 valence electrons. The number of carbonyl (C=O) groups excluding carboxylic acids is 2. The third kappa shape index (κ3) is 13.5. The van der Waals surface area contributed by atoms with E-state index in [9.17, 15) is 46.9 Å². The molecule has 0 heterocycles. The molecule has 1 amide bonds. The van der Waals surface area contributed by atoms with Gasteiger partial charge in [0.05, 0.1) is 52.0 Å². The number of allylic oxidation sites excluding steroid dienone is 1. The molecule has 0 aliphatic heterocycles. The Balaban J connectivity index is 0.000000394. The van der Waals surface area contributed by atoms with Crippen LogP contribution in [0.3, 0.4) is 0 Å². The first kappa shape index (κ1) is 50.1. The summed E-state index contributed by atoms with van der Waals surface area (Å²) in [5, 5.41) is 70.9. The minimum atomic E-state index is -4.15. The van der Waals surface area contributed by atoms with E-state index in [1.54, 1.807) is 49.4 Å². The van der Waals surface area contributed by atoms with Gasteiger partial charge in [0.15, 0.2) is 0 Å². The van der Waals surface area contributed by atoms with Gasteiger partial charge in [-0.05, 0) is 54.3 Å². The number of primary sulfonamides is 1. The Hall–Kier alpha value is -5.08. The number of carboxylic acid groups (broad SMARTS) is 1. The normalized spacial score (nSPS) is 11.8. The second-order valence-electron chi connectivity index (χ2n) is 11.7. The van der Waals surface area contributed by atoms with E-state index in [4.69, 9.17) is 21.5 Å². The Labute approximate surface area is 376 Å². The predicted molar refractivity (Wildman–Crippen MR) is 203 cm³/mol. The van der Waals surface area contributed by atoms with Crippen molar-refractivity contribution in [2.45, 2.75) is 18.7 Å². The van der Waals surface area contributed by atoms with Crippen LogP contribution in [0.1, 0.15) is 22.8 Å². The van der Waals surface area contributed by atoms with Gasteiger partial charge in [-0.1, -0.05) is 72.5 Å². The number of nitrogens with zero attached hydrogens (tertiary/aromatic N) is 4. The first-order chi connectivity index (χ1) is 26.7. The second kappa shape index (κ2) is 21.3. The molecule has 0 aliphatic rings. The van der Waals surface area contributed by atoms with Gasteiger partial charge in [0, 0.05) is 22.7 Å². The van der Waals surface area contributed by atoms with Crippen LogP contribution in [0.25, 0.3) is 10.8 Å². The summed E-state index contributed by atoms with van der Waals surface area (Å²) in [5.74, 6) is -4.02. The molecule has 18 nitrogen and oxygen atoms in total. The Morgan fingerprint density at radius 1 is 0.831 bits per heavy atom. The minimum Gasteiger partial charge on any atom is -0.874 e. The first-order valence-corrected chi connectivity index (χ1v) is 19.7. The van der Waals surface area contributed by atoms with Crippen LogP contribution in [-0.4, -0.2) is 42.1 Å². The average Bonchev–Trinajstić information content (AvgIpc) is 3.12. The van der Waals surface area contributed by atoms with Gasteiger partial charge < -0.3 is 35.3 Å². The van der Waals surface area contributed by atoms with Gasteiger partial charge >= 0.3 is 46.9 Å². The molecule has 0 atom stereocenters. The van der Waals surface area contributed by atoms with Gasteiger partial charge in [-0.2, -0.15) is 10.2 Å². The number of sulfonamides is 2. The third-order valence-electron chi connectivity index (χ3n) is 7.48. The van der Waals surface area contributed by atoms with Crippen LogP contribution >= 0.6 is 11.6 Å². The van der Waals surface area contributed by atoms with Gasteiger partial charge in [-0.3, -0.25) is 9.52 Å². The summed E-state index contributed by atoms with van der Waals surface area (Å²) in [5.41, 5.74) is -0.369. The molecule has 0 saturated carbocycles. The number of aryl methyl sites for hydroxylation is 1. The van der Waals surface area contributed by atoms with Crippen molar-refractivity contribution in [1.82, 2.24) is 0 Å². The molecule has 0 fully saturated rings. The predicted octanol–water partition coefficient (Wildman–Crippen LogP) is 0.758. The van der Waals surface area contributed by atoms with Gasteiger partial charge in [-0.25, -0.2) is 22.0 Å². The largest absolute Gasteiger partial charge is 3.00 e. The van der Waals surface area contributed by atoms with Crippen LogP contribution < -0.4 is 69.9 Å². The number of rotatable bonds is 11. The number of hydrogen-bond donors (Lipinski definition) is 3. The summed E-state index contributed by atoms with van der Waals surface area (Å²) in [6, 6.07) is 19.7. The molecular formula is C36H30ClCrN7NaO11S2. The molecule has 0 saturated heterocycles. The van der Waals surface area contributed by atoms with Crippen LogP contribution in [0.15, 0.2) is 122 Å². The Bertz CT molecular complexity index is 2720. The monoisotopic (exact) mass is 910 g/mol. The number of para-hydroxylation sites is 1. The fourth-order valence-electron chi connectivity index (χ4n) is 4.81. The van der Waals surface area contributed by atoms with Gasteiger partial charge in [0.1, 0.15) is 11.4 Å². The molecule has 0 bridgehead atoms. The van der Waals surface area contributed by atoms with E-state index in [1.165, 1.54) is 25.3 Å². The topological polar surface area (TPSA) is 303 Å². The number of carboxylic acids is 1. The Kier molecular flexibility index (Phi) is 18.0. The molecule has 0 spiro atoms. The molecule has 5 aromatic carbocycles. The Morgan fingerprint density at radius 3 is 2.08 bits per heavy atom. The van der Waals surface area contributed by atoms with Crippen molar-refractivity contribution in [2.75, 3.05) is 23.4 Å². The molecule has 4 N–H and O–H groups in total. The first-order valence-electron chi connectivity index (χ1n) is 15.9. The number of methoxy groups -OCH3 is 1. The number of nitrogens with one attached hydrogen (secondary N) is 2. The summed E-state index contributed by atoms with van der Waals surface area (Å²) >= 11 is 5.89. The molecule has 23 heteroatoms. The summed E-state index contributed by atoms with van der Waals surface area (Å²) in [7, 11) is -6.36. The van der Waals surface area contributed by atoms with E-state index >= 15 is 0 Å². The van der Waals surface area contributed by atoms with Crippen molar-refractivity contribution in [3.63, 3.8) is 0 Å². The molecule has 1 radical (unpaired) electrons. The zero-order valence-electron chi connectivity index (χ0n) is 31.5. The SMILES string of the molecule is CC([O-])=C(N=Nc1cc(S(N)(=O)=O)ccc1C(=O)[O-])C(=O)Nc1ccccc1C.COc1cc(N=Nc2c([O-])ccc3cccc(NS(C)(=O)=O)c23)c([O-])cc1Cl.[Cr+3].[Na+]. The van der Waals surface area contributed by atoms with Gasteiger partial charge in [-0.15, -0.1) is 16.0 Å². The number of halogens is 1. The van der Waals surface area contributed by atoms with Crippen LogP contribution in [-0.2, 0) is 42.2 Å². The summed E-state index contributed by atoms with van der Waals surface area (Å²) in [6.07, 6.45) is 0.998. The molecule has 5 rings (SSSR count). The van der Waals surface area contributed by atoms with E-state index in [-0.39, 0.29) is 80.1 Å². The standard InChI is InChI=1S/C18H16ClN3O5S.C18H18N4O6S.Cr.Na/c1-27-16-9-13(15(24)8-11(16)19)20-21-18-14(23)7-6-10-4-3-5-12(17(10)18)22-28(2,25)26;1-10-5-3-4-6-14(10)20-17(24)16(11(2)23)22-21-15-9-12(29(19,27)28)7-8-13(15)18(25)26;;/h3-9,22-24H,1-2H3;3-9,23H,1-2H3,(H,20,24)(H,25,26)(H2,19,27,28);;/q;;+3;+1/p-4. The zero-order valence-corrected chi connectivity index (χ0v) is 37.2. The second-order valence-corrected chi connectivity index (χ2v) is 15.4. The van der Waals surface area contributed by atoms with Crippen molar-refractivity contribution in [3.05, 3.63) is 113 Å². The summed E-state index contributed by atoms with van der Waals surface area (Å²) in [4.78, 5) is 23.2. The number of hydrogen-bond acceptors (Lipinski definition) is 15. The van der Waals surface area contributed by atoms with E-state index in [2.05, 4.69) is 30.5 Å². The molecule has 0 unspecified atom stereocenters. The summed E-state index contributed by atoms with van der Waals surface area (Å²) in [6.45, 7) is 2.82. The van der Waals surface area contributed by atoms with Gasteiger partial charge in [0.2, 0.25) is 20.0 Å². The van der Waals surface area contributed by atoms with Crippen molar-refractivity contribution in [2.24, 2.45) is 25.6 Å². The summed E-state index contributed by atoms with van der Waals surface area (Å²) < 4.78 is 53.7.